The summed E-state index contributed by atoms with van der Waals surface area (Å²) in [6.45, 7) is 8.32. The molecule has 1 aromatic carbocycles. The number of amides is 1. The predicted molar refractivity (Wildman–Crippen MR) is 151 cm³/mol. The molecule has 2 aromatic heterocycles. The molecule has 1 atom stereocenters. The van der Waals surface area contributed by atoms with Crippen molar-refractivity contribution in [1.29, 1.82) is 0 Å². The van der Waals surface area contributed by atoms with Crippen molar-refractivity contribution < 1.29 is 22.7 Å². The van der Waals surface area contributed by atoms with Crippen LogP contribution in [0, 0.1) is 5.92 Å². The van der Waals surface area contributed by atoms with E-state index in [0.717, 1.165) is 48.4 Å². The van der Waals surface area contributed by atoms with Gasteiger partial charge >= 0.3 is 6.18 Å². The molecule has 1 unspecified atom stereocenters. The first-order valence-electron chi connectivity index (χ1n) is 14.1. The minimum Gasteiger partial charge on any atom is -0.378 e. The summed E-state index contributed by atoms with van der Waals surface area (Å²) in [5.41, 5.74) is 2.81. The first-order chi connectivity index (χ1) is 19.8. The number of aromatic amines is 1. The summed E-state index contributed by atoms with van der Waals surface area (Å²) in [6.07, 6.45) is 0.00664. The highest BCUT2D eigenvalue weighted by Gasteiger charge is 2.50. The topological polar surface area (TPSA) is 89.6 Å². The number of alkyl halides is 3. The molecule has 3 saturated heterocycles. The number of ether oxygens (including phenoxy) is 1. The van der Waals surface area contributed by atoms with Gasteiger partial charge in [-0.05, 0) is 42.7 Å². The number of aromatic nitrogens is 3. The van der Waals surface area contributed by atoms with Crippen LogP contribution in [0.1, 0.15) is 12.8 Å². The van der Waals surface area contributed by atoms with Gasteiger partial charge in [0.2, 0.25) is 5.91 Å². The molecule has 0 spiro atoms. The van der Waals surface area contributed by atoms with E-state index in [2.05, 4.69) is 36.6 Å². The second-order valence-electron chi connectivity index (χ2n) is 11.0. The van der Waals surface area contributed by atoms with Crippen molar-refractivity contribution in [1.82, 2.24) is 24.8 Å². The largest absolute Gasteiger partial charge is 0.408 e. The third-order valence-corrected chi connectivity index (χ3v) is 8.46. The summed E-state index contributed by atoms with van der Waals surface area (Å²) in [7, 11) is 0. The van der Waals surface area contributed by atoms with E-state index >= 15 is 0 Å². The van der Waals surface area contributed by atoms with Crippen LogP contribution in [0.25, 0.3) is 22.3 Å². The molecule has 41 heavy (non-hydrogen) atoms. The molecule has 0 bridgehead atoms. The van der Waals surface area contributed by atoms with Gasteiger partial charge in [0, 0.05) is 62.6 Å². The quantitative estimate of drug-likeness (QED) is 0.417. The van der Waals surface area contributed by atoms with Gasteiger partial charge in [0.25, 0.3) is 0 Å². The summed E-state index contributed by atoms with van der Waals surface area (Å²) in [5, 5.41) is 3.66. The fraction of sp³-hybridized carbons (Fsp3) is 0.483. The van der Waals surface area contributed by atoms with Gasteiger partial charge in [-0.1, -0.05) is 18.7 Å². The summed E-state index contributed by atoms with van der Waals surface area (Å²) in [6, 6.07) is 7.57. The first-order valence-corrected chi connectivity index (χ1v) is 14.1. The van der Waals surface area contributed by atoms with Crippen molar-refractivity contribution in [3.63, 3.8) is 0 Å². The van der Waals surface area contributed by atoms with Crippen LogP contribution in [0.3, 0.4) is 0 Å². The Morgan fingerprint density at radius 3 is 2.46 bits per heavy atom. The van der Waals surface area contributed by atoms with Gasteiger partial charge in [-0.15, -0.1) is 0 Å². The summed E-state index contributed by atoms with van der Waals surface area (Å²) >= 11 is 0. The molecule has 0 saturated carbocycles. The lowest BCUT2D eigenvalue weighted by atomic mass is 9.87. The molecule has 9 nitrogen and oxygen atoms in total. The van der Waals surface area contributed by atoms with Gasteiger partial charge in [-0.2, -0.15) is 13.2 Å². The number of hydrogen-bond acceptors (Lipinski definition) is 7. The number of anilines is 2. The Kier molecular flexibility index (Phi) is 7.60. The second-order valence-corrected chi connectivity index (χ2v) is 11.0. The molecule has 3 fully saturated rings. The second kappa shape index (κ2) is 11.3. The first kappa shape index (κ1) is 27.5. The summed E-state index contributed by atoms with van der Waals surface area (Å²) in [4.78, 5) is 30.0. The van der Waals surface area contributed by atoms with E-state index in [-0.39, 0.29) is 11.9 Å². The van der Waals surface area contributed by atoms with Crippen LogP contribution < -0.4 is 10.2 Å². The van der Waals surface area contributed by atoms with E-state index in [1.54, 1.807) is 17.0 Å². The predicted octanol–water partition coefficient (Wildman–Crippen LogP) is 3.91. The third kappa shape index (κ3) is 5.76. The van der Waals surface area contributed by atoms with Crippen LogP contribution in [-0.4, -0.2) is 101 Å². The molecule has 0 aliphatic carbocycles. The van der Waals surface area contributed by atoms with Gasteiger partial charge in [0.15, 0.2) is 0 Å². The van der Waals surface area contributed by atoms with Crippen LogP contribution in [0.4, 0.5) is 24.7 Å². The normalized spacial score (nSPS) is 20.2. The van der Waals surface area contributed by atoms with Crippen LogP contribution >= 0.6 is 0 Å². The van der Waals surface area contributed by atoms with Gasteiger partial charge in [0.1, 0.15) is 23.8 Å². The molecular weight excluding hydrogens is 535 g/mol. The maximum absolute atomic E-state index is 14.1. The summed E-state index contributed by atoms with van der Waals surface area (Å²) in [5.74, 6) is 0.221. The number of carbonyl (C=O) groups is 1. The Bertz CT molecular complexity index is 1370. The number of nitrogens with zero attached hydrogens (tertiary/aromatic N) is 5. The van der Waals surface area contributed by atoms with Crippen LogP contribution in [0.15, 0.2) is 49.3 Å². The molecule has 3 aromatic rings. The fourth-order valence-electron chi connectivity index (χ4n) is 6.14. The molecule has 3 aliphatic rings. The van der Waals surface area contributed by atoms with E-state index in [0.29, 0.717) is 50.7 Å². The zero-order chi connectivity index (χ0) is 28.6. The molecule has 218 valence electrons. The molecule has 1 amide bonds. The third-order valence-electron chi connectivity index (χ3n) is 8.46. The zero-order valence-electron chi connectivity index (χ0n) is 22.7. The number of fused-ring (bicyclic) bond motifs is 1. The van der Waals surface area contributed by atoms with Crippen LogP contribution in [-0.2, 0) is 9.53 Å². The maximum Gasteiger partial charge on any atom is 0.408 e. The molecule has 2 N–H and O–H groups in total. The van der Waals surface area contributed by atoms with Crippen LogP contribution in [0.2, 0.25) is 0 Å². The van der Waals surface area contributed by atoms with E-state index in [1.165, 1.54) is 12.4 Å². The van der Waals surface area contributed by atoms with Gasteiger partial charge < -0.3 is 24.8 Å². The number of rotatable bonds is 7. The Morgan fingerprint density at radius 1 is 1.10 bits per heavy atom. The number of likely N-dealkylation sites (tertiary alicyclic amines) is 2. The molecule has 5 heterocycles. The van der Waals surface area contributed by atoms with Crippen molar-refractivity contribution >= 4 is 28.4 Å². The number of morpholine rings is 1. The molecule has 12 heteroatoms. The monoisotopic (exact) mass is 569 g/mol. The van der Waals surface area contributed by atoms with Gasteiger partial charge in [-0.3, -0.25) is 9.69 Å². The zero-order valence-corrected chi connectivity index (χ0v) is 22.7. The highest BCUT2D eigenvalue weighted by atomic mass is 19.4. The highest BCUT2D eigenvalue weighted by molar-refractivity contribution is 5.92. The van der Waals surface area contributed by atoms with E-state index in [1.807, 2.05) is 18.2 Å². The average Bonchev–Trinajstić information content (AvgIpc) is 3.41. The van der Waals surface area contributed by atoms with Crippen molar-refractivity contribution in [3.8, 4) is 11.3 Å². The number of benzene rings is 1. The highest BCUT2D eigenvalue weighted by Crippen LogP contribution is 2.36. The number of H-pyrrole nitrogens is 1. The number of nitrogens with one attached hydrogen (secondary N) is 2. The van der Waals surface area contributed by atoms with E-state index < -0.39 is 18.1 Å². The molecule has 6 rings (SSSR count). The minimum atomic E-state index is -4.37. The number of hydrogen-bond donors (Lipinski definition) is 2. The lowest BCUT2D eigenvalue weighted by Gasteiger charge is -2.49. The average molecular weight is 570 g/mol. The fourth-order valence-corrected chi connectivity index (χ4v) is 6.14. The Labute approximate surface area is 236 Å². The Balaban J connectivity index is 1.10. The number of piperidine rings is 1. The van der Waals surface area contributed by atoms with Crippen molar-refractivity contribution in [2.24, 2.45) is 5.92 Å². The molecular formula is C29H34F3N7O2. The lowest BCUT2D eigenvalue weighted by Crippen LogP contribution is -2.62. The summed E-state index contributed by atoms with van der Waals surface area (Å²) < 4.78 is 47.8. The maximum atomic E-state index is 14.1. The molecule has 3 aliphatic heterocycles. The minimum absolute atomic E-state index is 0.0896. The number of carbonyl (C=O) groups excluding carboxylic acids is 1. The Hall–Kier alpha value is -3.64. The standard InChI is InChI=1S/C29H34F3N7O2/c1-2-25(40)37-9-7-22(8-10-37)39-16-20(17-39)26(29(30,31)32)35-21-5-3-19(4-6-21)24-15-23-27(36-24)33-18-34-28(23)38-11-13-41-14-12-38/h2-6,15,18,20,22,26,35H,1,7-14,16-17H2,(H,33,34,36). The van der Waals surface area contributed by atoms with Gasteiger partial charge in [0.05, 0.1) is 18.6 Å². The number of halogens is 3. The Morgan fingerprint density at radius 2 is 1.80 bits per heavy atom. The van der Waals surface area contributed by atoms with Crippen molar-refractivity contribution in [3.05, 3.63) is 49.3 Å². The smallest absolute Gasteiger partial charge is 0.378 e. The molecule has 0 radical (unpaired) electrons. The SMILES string of the molecule is C=CC(=O)N1CCC(N2CC(C(Nc3ccc(-c4cc5c(N6CCOCC6)ncnc5[nH]4)cc3)C(F)(F)F)C2)CC1. The van der Waals surface area contributed by atoms with Crippen molar-refractivity contribution in [2.45, 2.75) is 31.1 Å². The van der Waals surface area contributed by atoms with Gasteiger partial charge in [-0.25, -0.2) is 9.97 Å². The lowest BCUT2D eigenvalue weighted by molar-refractivity contribution is -0.168. The van der Waals surface area contributed by atoms with E-state index in [4.69, 9.17) is 4.74 Å². The van der Waals surface area contributed by atoms with E-state index in [9.17, 15) is 18.0 Å². The van der Waals surface area contributed by atoms with Crippen molar-refractivity contribution in [2.75, 3.05) is 62.7 Å². The van der Waals surface area contributed by atoms with Crippen LogP contribution in [0.5, 0.6) is 0 Å².